The van der Waals surface area contributed by atoms with Gasteiger partial charge in [-0.15, -0.1) is 0 Å². The summed E-state index contributed by atoms with van der Waals surface area (Å²) in [6, 6.07) is 15.3. The highest BCUT2D eigenvalue weighted by Gasteiger charge is 2.07. The topological polar surface area (TPSA) is 66.5 Å². The van der Waals surface area contributed by atoms with Crippen LogP contribution in [0, 0.1) is 4.77 Å². The SMILES string of the molecule is O=c1c2ccccc2[nH]c(=S)n1CCc1nc2ccccc2[nH]1. The van der Waals surface area contributed by atoms with Crippen molar-refractivity contribution in [2.24, 2.45) is 0 Å². The number of hydrogen-bond acceptors (Lipinski definition) is 3. The molecule has 0 unspecified atom stereocenters. The van der Waals surface area contributed by atoms with Crippen LogP contribution >= 0.6 is 12.2 Å². The van der Waals surface area contributed by atoms with Crippen LogP contribution in [-0.2, 0) is 13.0 Å². The van der Waals surface area contributed by atoms with E-state index in [0.29, 0.717) is 23.1 Å². The molecule has 5 nitrogen and oxygen atoms in total. The molecule has 0 saturated carbocycles. The molecule has 114 valence electrons. The summed E-state index contributed by atoms with van der Waals surface area (Å²) in [7, 11) is 0. The molecule has 0 aliphatic rings. The number of aromatic nitrogens is 4. The summed E-state index contributed by atoms with van der Waals surface area (Å²) in [5, 5.41) is 0.644. The number of hydrogen-bond donors (Lipinski definition) is 2. The van der Waals surface area contributed by atoms with Crippen LogP contribution in [0.2, 0.25) is 0 Å². The molecule has 6 heteroatoms. The molecule has 0 aliphatic heterocycles. The largest absolute Gasteiger partial charge is 0.342 e. The number of imidazole rings is 1. The van der Waals surface area contributed by atoms with E-state index in [1.807, 2.05) is 42.5 Å². The van der Waals surface area contributed by atoms with Crippen LogP contribution in [0.5, 0.6) is 0 Å². The number of fused-ring (bicyclic) bond motifs is 2. The van der Waals surface area contributed by atoms with Crippen LogP contribution in [0.3, 0.4) is 0 Å². The molecule has 0 aliphatic carbocycles. The van der Waals surface area contributed by atoms with Gasteiger partial charge in [-0.25, -0.2) is 4.98 Å². The van der Waals surface area contributed by atoms with E-state index in [1.165, 1.54) is 0 Å². The molecule has 2 N–H and O–H groups in total. The van der Waals surface area contributed by atoms with E-state index in [4.69, 9.17) is 12.2 Å². The van der Waals surface area contributed by atoms with Gasteiger partial charge in [-0.2, -0.15) is 0 Å². The Balaban J connectivity index is 1.70. The maximum Gasteiger partial charge on any atom is 0.262 e. The average molecular weight is 322 g/mol. The number of benzene rings is 2. The minimum Gasteiger partial charge on any atom is -0.342 e. The van der Waals surface area contributed by atoms with E-state index in [1.54, 1.807) is 10.6 Å². The predicted molar refractivity (Wildman–Crippen MR) is 93.2 cm³/mol. The minimum absolute atomic E-state index is 0.0690. The highest BCUT2D eigenvalue weighted by atomic mass is 32.1. The van der Waals surface area contributed by atoms with Crippen molar-refractivity contribution in [1.82, 2.24) is 19.5 Å². The van der Waals surface area contributed by atoms with Crippen LogP contribution in [0.1, 0.15) is 5.82 Å². The van der Waals surface area contributed by atoms with Gasteiger partial charge >= 0.3 is 0 Å². The first-order valence-corrected chi connectivity index (χ1v) is 7.79. The van der Waals surface area contributed by atoms with Gasteiger partial charge < -0.3 is 9.97 Å². The lowest BCUT2D eigenvalue weighted by molar-refractivity contribution is 0.639. The number of aryl methyl sites for hydroxylation is 1. The molecule has 4 rings (SSSR count). The van der Waals surface area contributed by atoms with Gasteiger partial charge in [-0.3, -0.25) is 9.36 Å². The van der Waals surface area contributed by atoms with Crippen molar-refractivity contribution < 1.29 is 0 Å². The van der Waals surface area contributed by atoms with Crippen LogP contribution in [0.25, 0.3) is 21.9 Å². The molecule has 2 aromatic carbocycles. The number of rotatable bonds is 3. The van der Waals surface area contributed by atoms with Crippen LogP contribution < -0.4 is 5.56 Å². The quantitative estimate of drug-likeness (QED) is 0.569. The zero-order valence-corrected chi connectivity index (χ0v) is 13.1. The second-order valence-electron chi connectivity index (χ2n) is 5.38. The van der Waals surface area contributed by atoms with Crippen molar-refractivity contribution in [3.05, 3.63) is 69.5 Å². The van der Waals surface area contributed by atoms with Crippen molar-refractivity contribution >= 4 is 34.2 Å². The standard InChI is InChI=1S/C17H14N4OS/c22-16-11-5-1-2-6-12(11)20-17(23)21(16)10-9-15-18-13-7-3-4-8-14(13)19-15/h1-8H,9-10H2,(H,18,19)(H,20,23). The van der Waals surface area contributed by atoms with E-state index >= 15 is 0 Å². The lowest BCUT2D eigenvalue weighted by Crippen LogP contribution is -2.23. The minimum atomic E-state index is -0.0690. The van der Waals surface area contributed by atoms with Crippen molar-refractivity contribution in [2.45, 2.75) is 13.0 Å². The first-order chi connectivity index (χ1) is 11.2. The summed E-state index contributed by atoms with van der Waals surface area (Å²) in [5.41, 5.74) is 2.62. The Morgan fingerprint density at radius 2 is 1.74 bits per heavy atom. The summed E-state index contributed by atoms with van der Waals surface area (Å²) < 4.78 is 2.02. The predicted octanol–water partition coefficient (Wildman–Crippen LogP) is 3.18. The zero-order valence-electron chi connectivity index (χ0n) is 12.2. The molecule has 0 atom stereocenters. The van der Waals surface area contributed by atoms with Gasteiger partial charge in [0.1, 0.15) is 5.82 Å². The van der Waals surface area contributed by atoms with Crippen LogP contribution in [-0.4, -0.2) is 19.5 Å². The summed E-state index contributed by atoms with van der Waals surface area (Å²) in [4.78, 5) is 23.5. The Morgan fingerprint density at radius 3 is 2.57 bits per heavy atom. The second kappa shape index (κ2) is 5.48. The van der Waals surface area contributed by atoms with E-state index < -0.39 is 0 Å². The molecule has 23 heavy (non-hydrogen) atoms. The third kappa shape index (κ3) is 2.47. The van der Waals surface area contributed by atoms with E-state index in [2.05, 4.69) is 15.0 Å². The average Bonchev–Trinajstić information content (AvgIpc) is 2.97. The molecule has 0 fully saturated rings. The molecule has 0 amide bonds. The van der Waals surface area contributed by atoms with Crippen molar-refractivity contribution in [2.75, 3.05) is 0 Å². The smallest absolute Gasteiger partial charge is 0.262 e. The van der Waals surface area contributed by atoms with Crippen LogP contribution in [0.4, 0.5) is 0 Å². The maximum absolute atomic E-state index is 12.6. The Bertz CT molecular complexity index is 1090. The highest BCUT2D eigenvalue weighted by Crippen LogP contribution is 2.11. The van der Waals surface area contributed by atoms with Gasteiger partial charge in [0.15, 0.2) is 4.77 Å². The maximum atomic E-state index is 12.6. The number of para-hydroxylation sites is 3. The molecule has 0 bridgehead atoms. The van der Waals surface area contributed by atoms with Gasteiger partial charge in [0, 0.05) is 13.0 Å². The molecule has 0 saturated heterocycles. The fourth-order valence-electron chi connectivity index (χ4n) is 2.74. The number of aromatic amines is 2. The van der Waals surface area contributed by atoms with E-state index in [9.17, 15) is 4.79 Å². The molecule has 2 heterocycles. The molecular formula is C17H14N4OS. The third-order valence-corrected chi connectivity index (χ3v) is 4.22. The first-order valence-electron chi connectivity index (χ1n) is 7.38. The Kier molecular flexibility index (Phi) is 3.31. The van der Waals surface area contributed by atoms with Crippen molar-refractivity contribution in [3.8, 4) is 0 Å². The van der Waals surface area contributed by atoms with Gasteiger partial charge in [-0.05, 0) is 36.5 Å². The lowest BCUT2D eigenvalue weighted by atomic mass is 10.2. The van der Waals surface area contributed by atoms with Crippen molar-refractivity contribution in [3.63, 3.8) is 0 Å². The zero-order chi connectivity index (χ0) is 15.8. The molecule has 0 spiro atoms. The Labute approximate surface area is 136 Å². The molecule has 2 aromatic heterocycles. The summed E-state index contributed by atoms with van der Waals surface area (Å²) in [5.74, 6) is 0.848. The van der Waals surface area contributed by atoms with Gasteiger partial charge in [0.05, 0.1) is 21.9 Å². The van der Waals surface area contributed by atoms with Gasteiger partial charge in [0.2, 0.25) is 0 Å². The first kappa shape index (κ1) is 13.9. The lowest BCUT2D eigenvalue weighted by Gasteiger charge is -2.06. The van der Waals surface area contributed by atoms with E-state index in [-0.39, 0.29) is 5.56 Å². The third-order valence-electron chi connectivity index (χ3n) is 3.90. The number of H-pyrrole nitrogens is 2. The summed E-state index contributed by atoms with van der Waals surface area (Å²) in [6.45, 7) is 0.485. The fraction of sp³-hybridized carbons (Fsp3) is 0.118. The van der Waals surface area contributed by atoms with Gasteiger partial charge in [0.25, 0.3) is 5.56 Å². The summed E-state index contributed by atoms with van der Waals surface area (Å²) in [6.07, 6.45) is 0.615. The Morgan fingerprint density at radius 1 is 1.00 bits per heavy atom. The van der Waals surface area contributed by atoms with Crippen LogP contribution in [0.15, 0.2) is 53.3 Å². The normalized spacial score (nSPS) is 11.3. The highest BCUT2D eigenvalue weighted by molar-refractivity contribution is 7.71. The molecule has 4 aromatic rings. The Hall–Kier alpha value is -2.73. The molecular weight excluding hydrogens is 308 g/mol. The number of nitrogens with one attached hydrogen (secondary N) is 2. The van der Waals surface area contributed by atoms with Gasteiger partial charge in [-0.1, -0.05) is 24.3 Å². The van der Waals surface area contributed by atoms with E-state index in [0.717, 1.165) is 22.4 Å². The fourth-order valence-corrected chi connectivity index (χ4v) is 3.03. The second-order valence-corrected chi connectivity index (χ2v) is 5.77. The number of nitrogens with zero attached hydrogens (tertiary/aromatic N) is 2. The van der Waals surface area contributed by atoms with Crippen molar-refractivity contribution in [1.29, 1.82) is 0 Å². The summed E-state index contributed by atoms with van der Waals surface area (Å²) >= 11 is 5.32. The molecule has 0 radical (unpaired) electrons. The monoisotopic (exact) mass is 322 g/mol.